The Morgan fingerprint density at radius 3 is 3.00 bits per heavy atom. The summed E-state index contributed by atoms with van der Waals surface area (Å²) in [6, 6.07) is 0. The van der Waals surface area contributed by atoms with Crippen LogP contribution >= 0.6 is 0 Å². The van der Waals surface area contributed by atoms with E-state index in [1.807, 2.05) is 6.08 Å². The molecule has 1 aliphatic heterocycles. The van der Waals surface area contributed by atoms with Crippen molar-refractivity contribution in [3.8, 4) is 0 Å². The van der Waals surface area contributed by atoms with Gasteiger partial charge in [-0.15, -0.1) is 6.58 Å². The van der Waals surface area contributed by atoms with E-state index in [2.05, 4.69) is 19.6 Å². The second kappa shape index (κ2) is 5.63. The summed E-state index contributed by atoms with van der Waals surface area (Å²) >= 11 is 0. The number of allylic oxidation sites excluding steroid dienone is 2. The number of ether oxygens (including phenoxy) is 1. The monoisotopic (exact) mass is 194 g/mol. The first kappa shape index (κ1) is 11.0. The van der Waals surface area contributed by atoms with Crippen LogP contribution in [-0.4, -0.2) is 12.6 Å². The van der Waals surface area contributed by atoms with Gasteiger partial charge in [0.2, 0.25) is 0 Å². The molecule has 0 saturated carbocycles. The molecule has 14 heavy (non-hydrogen) atoms. The second-order valence-electron chi connectivity index (χ2n) is 3.75. The molecule has 0 bridgehead atoms. The molecule has 2 nitrogen and oxygen atoms in total. The van der Waals surface area contributed by atoms with E-state index in [-0.39, 0.29) is 5.97 Å². The highest BCUT2D eigenvalue weighted by Crippen LogP contribution is 2.22. The van der Waals surface area contributed by atoms with Crippen LogP contribution in [0.4, 0.5) is 0 Å². The first-order valence-corrected chi connectivity index (χ1v) is 5.17. The third-order valence-electron chi connectivity index (χ3n) is 2.58. The molecule has 1 fully saturated rings. The lowest BCUT2D eigenvalue weighted by Crippen LogP contribution is -2.00. The smallest absolute Gasteiger partial charge is 0.306 e. The van der Waals surface area contributed by atoms with E-state index in [0.717, 1.165) is 19.3 Å². The molecule has 0 aromatic heterocycles. The molecular weight excluding hydrogens is 176 g/mol. The fourth-order valence-corrected chi connectivity index (χ4v) is 1.56. The van der Waals surface area contributed by atoms with Crippen molar-refractivity contribution >= 4 is 5.97 Å². The number of hydrogen-bond acceptors (Lipinski definition) is 2. The molecule has 2 heteroatoms. The molecule has 0 N–H and O–H groups in total. The molecule has 0 aromatic rings. The lowest BCUT2D eigenvalue weighted by molar-refractivity contribution is -0.137. The van der Waals surface area contributed by atoms with Gasteiger partial charge in [-0.2, -0.15) is 0 Å². The Labute approximate surface area is 85.6 Å². The molecular formula is C12H18O2. The Kier molecular flexibility index (Phi) is 4.44. The number of hydrogen-bond donors (Lipinski definition) is 0. The van der Waals surface area contributed by atoms with Crippen LogP contribution in [0.15, 0.2) is 24.3 Å². The highest BCUT2D eigenvalue weighted by molar-refractivity contribution is 5.72. The van der Waals surface area contributed by atoms with Crippen LogP contribution in [0.1, 0.15) is 32.6 Å². The Morgan fingerprint density at radius 1 is 1.64 bits per heavy atom. The number of esters is 1. The van der Waals surface area contributed by atoms with Crippen molar-refractivity contribution in [1.29, 1.82) is 0 Å². The summed E-state index contributed by atoms with van der Waals surface area (Å²) in [5.74, 6) is 0.264. The van der Waals surface area contributed by atoms with Gasteiger partial charge in [0, 0.05) is 5.92 Å². The fraction of sp³-hybridized carbons (Fsp3) is 0.583. The third kappa shape index (κ3) is 3.36. The average Bonchev–Trinajstić information content (AvgIpc) is 2.59. The molecule has 0 aliphatic carbocycles. The van der Waals surface area contributed by atoms with Crippen molar-refractivity contribution in [1.82, 2.24) is 0 Å². The standard InChI is InChI=1S/C12H18O2/c1-3-4-5-6-7-10(2)11-8-12(13)14-9-11/h3,7,11H,1,4-6,8-9H2,2H3. The average molecular weight is 194 g/mol. The first-order valence-electron chi connectivity index (χ1n) is 5.17. The minimum Gasteiger partial charge on any atom is -0.465 e. The van der Waals surface area contributed by atoms with Crippen LogP contribution in [0.5, 0.6) is 0 Å². The summed E-state index contributed by atoms with van der Waals surface area (Å²) in [6.07, 6.45) is 7.99. The van der Waals surface area contributed by atoms with Crippen LogP contribution < -0.4 is 0 Å². The van der Waals surface area contributed by atoms with Crippen LogP contribution in [0.2, 0.25) is 0 Å². The van der Waals surface area contributed by atoms with Crippen molar-refractivity contribution in [3.05, 3.63) is 24.3 Å². The molecule has 0 spiro atoms. The first-order chi connectivity index (χ1) is 6.74. The zero-order chi connectivity index (χ0) is 10.4. The molecule has 1 heterocycles. The largest absolute Gasteiger partial charge is 0.465 e. The van der Waals surface area contributed by atoms with E-state index in [4.69, 9.17) is 4.74 Å². The summed E-state index contributed by atoms with van der Waals surface area (Å²) in [5, 5.41) is 0. The number of carbonyl (C=O) groups excluding carboxylic acids is 1. The molecule has 0 aromatic carbocycles. The molecule has 1 atom stereocenters. The number of cyclic esters (lactones) is 1. The van der Waals surface area contributed by atoms with Crippen molar-refractivity contribution < 1.29 is 9.53 Å². The van der Waals surface area contributed by atoms with E-state index in [0.29, 0.717) is 18.9 Å². The van der Waals surface area contributed by atoms with Gasteiger partial charge >= 0.3 is 5.97 Å². The molecule has 0 radical (unpaired) electrons. The van der Waals surface area contributed by atoms with E-state index >= 15 is 0 Å². The fourth-order valence-electron chi connectivity index (χ4n) is 1.56. The van der Waals surface area contributed by atoms with Crippen molar-refractivity contribution in [2.24, 2.45) is 5.92 Å². The van der Waals surface area contributed by atoms with E-state index in [1.165, 1.54) is 5.57 Å². The van der Waals surface area contributed by atoms with Gasteiger partial charge in [-0.25, -0.2) is 0 Å². The van der Waals surface area contributed by atoms with Gasteiger partial charge in [0.05, 0.1) is 13.0 Å². The minimum atomic E-state index is -0.0613. The molecule has 1 unspecified atom stereocenters. The van der Waals surface area contributed by atoms with Gasteiger partial charge in [-0.05, 0) is 26.2 Å². The lowest BCUT2D eigenvalue weighted by atomic mass is 9.98. The normalized spacial score (nSPS) is 22.2. The topological polar surface area (TPSA) is 26.3 Å². The van der Waals surface area contributed by atoms with Gasteiger partial charge in [0.15, 0.2) is 0 Å². The predicted octanol–water partition coefficient (Wildman–Crippen LogP) is 2.85. The molecule has 1 rings (SSSR count). The van der Waals surface area contributed by atoms with Gasteiger partial charge in [-0.1, -0.05) is 17.7 Å². The number of carbonyl (C=O) groups is 1. The third-order valence-corrected chi connectivity index (χ3v) is 2.58. The van der Waals surface area contributed by atoms with Crippen molar-refractivity contribution in [2.75, 3.05) is 6.61 Å². The van der Waals surface area contributed by atoms with Crippen LogP contribution in [-0.2, 0) is 9.53 Å². The molecule has 1 aliphatic rings. The van der Waals surface area contributed by atoms with Gasteiger partial charge in [-0.3, -0.25) is 4.79 Å². The zero-order valence-corrected chi connectivity index (χ0v) is 8.79. The number of unbranched alkanes of at least 4 members (excludes halogenated alkanes) is 2. The summed E-state index contributed by atoms with van der Waals surface area (Å²) < 4.78 is 4.92. The van der Waals surface area contributed by atoms with Gasteiger partial charge in [0.25, 0.3) is 0 Å². The highest BCUT2D eigenvalue weighted by Gasteiger charge is 2.24. The predicted molar refractivity (Wildman–Crippen MR) is 56.9 cm³/mol. The maximum Gasteiger partial charge on any atom is 0.306 e. The summed E-state index contributed by atoms with van der Waals surface area (Å²) in [6.45, 7) is 6.34. The Balaban J connectivity index is 2.28. The lowest BCUT2D eigenvalue weighted by Gasteiger charge is -2.05. The summed E-state index contributed by atoms with van der Waals surface area (Å²) in [4.78, 5) is 10.9. The maximum atomic E-state index is 10.9. The molecule has 78 valence electrons. The second-order valence-corrected chi connectivity index (χ2v) is 3.75. The Bertz CT molecular complexity index is 241. The Hall–Kier alpha value is -1.05. The highest BCUT2D eigenvalue weighted by atomic mass is 16.5. The van der Waals surface area contributed by atoms with Crippen molar-refractivity contribution in [3.63, 3.8) is 0 Å². The van der Waals surface area contributed by atoms with Crippen molar-refractivity contribution in [2.45, 2.75) is 32.6 Å². The van der Waals surface area contributed by atoms with Gasteiger partial charge in [0.1, 0.15) is 0 Å². The molecule has 0 amide bonds. The number of rotatable bonds is 5. The van der Waals surface area contributed by atoms with Crippen LogP contribution in [0.25, 0.3) is 0 Å². The quantitative estimate of drug-likeness (QED) is 0.382. The zero-order valence-electron chi connectivity index (χ0n) is 8.79. The maximum absolute atomic E-state index is 10.9. The molecule has 1 saturated heterocycles. The van der Waals surface area contributed by atoms with Gasteiger partial charge < -0.3 is 4.74 Å². The van der Waals surface area contributed by atoms with Crippen LogP contribution in [0, 0.1) is 5.92 Å². The summed E-state index contributed by atoms with van der Waals surface area (Å²) in [7, 11) is 0. The Morgan fingerprint density at radius 2 is 2.43 bits per heavy atom. The van der Waals surface area contributed by atoms with Crippen LogP contribution in [0.3, 0.4) is 0 Å². The summed E-state index contributed by atoms with van der Waals surface area (Å²) in [5.41, 5.74) is 1.29. The SMILES string of the molecule is C=CCCCC=C(C)C1COC(=O)C1. The minimum absolute atomic E-state index is 0.0613. The van der Waals surface area contributed by atoms with E-state index in [1.54, 1.807) is 0 Å². The van der Waals surface area contributed by atoms with E-state index < -0.39 is 0 Å². The van der Waals surface area contributed by atoms with E-state index in [9.17, 15) is 4.79 Å².